The SMILES string of the molecule is CC1=CC(CNS(C)(=O)=O)C(C(C)C)CC1Cc1nnc(-c2ccncc2)o1. The molecule has 2 aromatic rings. The fourth-order valence-electron chi connectivity index (χ4n) is 3.91. The van der Waals surface area contributed by atoms with E-state index in [1.54, 1.807) is 12.4 Å². The van der Waals surface area contributed by atoms with E-state index in [1.165, 1.54) is 11.8 Å². The smallest absolute Gasteiger partial charge is 0.247 e. The molecule has 1 aliphatic carbocycles. The number of allylic oxidation sites excluding steroid dienone is 1. The Labute approximate surface area is 166 Å². The highest BCUT2D eigenvalue weighted by Crippen LogP contribution is 2.38. The summed E-state index contributed by atoms with van der Waals surface area (Å²) in [7, 11) is -3.19. The van der Waals surface area contributed by atoms with E-state index in [1.807, 2.05) is 12.1 Å². The summed E-state index contributed by atoms with van der Waals surface area (Å²) in [6.07, 6.45) is 8.49. The highest BCUT2D eigenvalue weighted by atomic mass is 32.2. The Morgan fingerprint density at radius 1 is 1.25 bits per heavy atom. The molecule has 0 fully saturated rings. The van der Waals surface area contributed by atoms with Gasteiger partial charge in [0.1, 0.15) is 0 Å². The normalized spacial score (nSPS) is 23.0. The lowest BCUT2D eigenvalue weighted by molar-refractivity contribution is 0.223. The second-order valence-corrected chi connectivity index (χ2v) is 9.81. The quantitative estimate of drug-likeness (QED) is 0.712. The largest absolute Gasteiger partial charge is 0.421 e. The van der Waals surface area contributed by atoms with Crippen LogP contribution in [-0.2, 0) is 16.4 Å². The molecule has 152 valence electrons. The Kier molecular flexibility index (Phi) is 6.30. The van der Waals surface area contributed by atoms with Crippen molar-refractivity contribution in [2.45, 2.75) is 33.6 Å². The third kappa shape index (κ3) is 5.26. The number of hydrogen-bond donors (Lipinski definition) is 1. The second kappa shape index (κ2) is 8.53. The van der Waals surface area contributed by atoms with E-state index in [-0.39, 0.29) is 5.92 Å². The van der Waals surface area contributed by atoms with Gasteiger partial charge in [0.05, 0.1) is 6.26 Å². The molecule has 1 N–H and O–H groups in total. The Hall–Kier alpha value is -2.06. The molecule has 2 aromatic heterocycles. The molecule has 1 aliphatic rings. The van der Waals surface area contributed by atoms with Gasteiger partial charge >= 0.3 is 0 Å². The first-order chi connectivity index (χ1) is 13.2. The Bertz CT molecular complexity index is 922. The van der Waals surface area contributed by atoms with E-state index < -0.39 is 10.0 Å². The molecule has 0 radical (unpaired) electrons. The standard InChI is InChI=1S/C20H28N4O3S/c1-13(2)18-10-16(14(3)9-17(18)12-22-28(4,25)26)11-19-23-24-20(27-19)15-5-7-21-8-6-15/h5-9,13,16-18,22H,10-12H2,1-4H3. The zero-order valence-electron chi connectivity index (χ0n) is 16.8. The van der Waals surface area contributed by atoms with Crippen molar-refractivity contribution in [2.24, 2.45) is 23.7 Å². The summed E-state index contributed by atoms with van der Waals surface area (Å²) in [6.45, 7) is 6.93. The minimum absolute atomic E-state index is 0.195. The van der Waals surface area contributed by atoms with E-state index >= 15 is 0 Å². The van der Waals surface area contributed by atoms with Crippen molar-refractivity contribution in [3.05, 3.63) is 42.1 Å². The monoisotopic (exact) mass is 404 g/mol. The fraction of sp³-hybridized carbons (Fsp3) is 0.550. The molecule has 8 heteroatoms. The van der Waals surface area contributed by atoms with Crippen LogP contribution in [0.4, 0.5) is 0 Å². The Morgan fingerprint density at radius 3 is 2.61 bits per heavy atom. The predicted molar refractivity (Wildman–Crippen MR) is 108 cm³/mol. The first kappa shape index (κ1) is 20.7. The van der Waals surface area contributed by atoms with Crippen molar-refractivity contribution >= 4 is 10.0 Å². The van der Waals surface area contributed by atoms with Crippen LogP contribution < -0.4 is 4.72 Å². The minimum Gasteiger partial charge on any atom is -0.421 e. The van der Waals surface area contributed by atoms with Gasteiger partial charge in [-0.05, 0) is 49.1 Å². The van der Waals surface area contributed by atoms with E-state index in [2.05, 4.69) is 46.8 Å². The van der Waals surface area contributed by atoms with Crippen molar-refractivity contribution < 1.29 is 12.8 Å². The number of hydrogen-bond acceptors (Lipinski definition) is 6. The number of sulfonamides is 1. The van der Waals surface area contributed by atoms with Gasteiger partial charge < -0.3 is 4.42 Å². The number of pyridine rings is 1. The highest BCUT2D eigenvalue weighted by Gasteiger charge is 2.32. The first-order valence-corrected chi connectivity index (χ1v) is 11.5. The molecule has 3 rings (SSSR count). The summed E-state index contributed by atoms with van der Waals surface area (Å²) in [5.41, 5.74) is 2.11. The number of rotatable bonds is 7. The average molecular weight is 405 g/mol. The van der Waals surface area contributed by atoms with Crippen molar-refractivity contribution in [1.82, 2.24) is 19.9 Å². The van der Waals surface area contributed by atoms with Crippen LogP contribution in [0.25, 0.3) is 11.5 Å². The number of nitrogens with one attached hydrogen (secondary N) is 1. The zero-order chi connectivity index (χ0) is 20.3. The summed E-state index contributed by atoms with van der Waals surface area (Å²) >= 11 is 0. The first-order valence-electron chi connectivity index (χ1n) is 9.58. The molecular weight excluding hydrogens is 376 g/mol. The summed E-state index contributed by atoms with van der Waals surface area (Å²) in [4.78, 5) is 4.00. The highest BCUT2D eigenvalue weighted by molar-refractivity contribution is 7.88. The van der Waals surface area contributed by atoms with Crippen LogP contribution in [0.1, 0.15) is 33.1 Å². The molecule has 7 nitrogen and oxygen atoms in total. The van der Waals surface area contributed by atoms with Crippen LogP contribution in [0.5, 0.6) is 0 Å². The van der Waals surface area contributed by atoms with Crippen molar-refractivity contribution in [3.8, 4) is 11.5 Å². The predicted octanol–water partition coefficient (Wildman–Crippen LogP) is 3.08. The lowest BCUT2D eigenvalue weighted by Gasteiger charge is -2.36. The molecule has 3 unspecified atom stereocenters. The third-order valence-electron chi connectivity index (χ3n) is 5.48. The summed E-state index contributed by atoms with van der Waals surface area (Å²) in [5.74, 6) is 2.48. The van der Waals surface area contributed by atoms with Crippen molar-refractivity contribution in [2.75, 3.05) is 12.8 Å². The van der Waals surface area contributed by atoms with Gasteiger partial charge in [0, 0.05) is 30.9 Å². The van der Waals surface area contributed by atoms with Gasteiger partial charge in [-0.15, -0.1) is 10.2 Å². The maximum Gasteiger partial charge on any atom is 0.247 e. The van der Waals surface area contributed by atoms with Crippen LogP contribution in [0.15, 0.2) is 40.6 Å². The molecule has 2 heterocycles. The van der Waals surface area contributed by atoms with Gasteiger partial charge in [0.25, 0.3) is 0 Å². The molecule has 0 spiro atoms. The second-order valence-electron chi connectivity index (χ2n) is 7.98. The van der Waals surface area contributed by atoms with E-state index in [4.69, 9.17) is 4.42 Å². The average Bonchev–Trinajstić information content (AvgIpc) is 3.10. The summed E-state index contributed by atoms with van der Waals surface area (Å²) in [5, 5.41) is 8.38. The molecule has 0 saturated carbocycles. The zero-order valence-corrected chi connectivity index (χ0v) is 17.6. The molecular formula is C20H28N4O3S. The molecule has 28 heavy (non-hydrogen) atoms. The molecule has 0 aromatic carbocycles. The molecule has 0 bridgehead atoms. The van der Waals surface area contributed by atoms with E-state index in [9.17, 15) is 8.42 Å². The van der Waals surface area contributed by atoms with Crippen LogP contribution in [0.3, 0.4) is 0 Å². The maximum atomic E-state index is 11.5. The minimum atomic E-state index is -3.19. The van der Waals surface area contributed by atoms with Crippen molar-refractivity contribution in [3.63, 3.8) is 0 Å². The summed E-state index contributed by atoms with van der Waals surface area (Å²) in [6, 6.07) is 3.69. The van der Waals surface area contributed by atoms with Crippen molar-refractivity contribution in [1.29, 1.82) is 0 Å². The summed E-state index contributed by atoms with van der Waals surface area (Å²) < 4.78 is 31.5. The Balaban J connectivity index is 1.73. The third-order valence-corrected chi connectivity index (χ3v) is 6.17. The topological polar surface area (TPSA) is 98.0 Å². The van der Waals surface area contributed by atoms with Gasteiger partial charge in [-0.3, -0.25) is 4.98 Å². The van der Waals surface area contributed by atoms with Gasteiger partial charge in [-0.1, -0.05) is 25.5 Å². The molecule has 3 atom stereocenters. The van der Waals surface area contributed by atoms with Gasteiger partial charge in [-0.25, -0.2) is 13.1 Å². The van der Waals surface area contributed by atoms with Crippen LogP contribution in [-0.4, -0.2) is 36.4 Å². The van der Waals surface area contributed by atoms with E-state index in [0.29, 0.717) is 42.5 Å². The van der Waals surface area contributed by atoms with Crippen LogP contribution in [0, 0.1) is 23.7 Å². The van der Waals surface area contributed by atoms with E-state index in [0.717, 1.165) is 12.0 Å². The van der Waals surface area contributed by atoms with Gasteiger partial charge in [0.2, 0.25) is 21.8 Å². The fourth-order valence-corrected chi connectivity index (χ4v) is 4.41. The maximum absolute atomic E-state index is 11.5. The van der Waals surface area contributed by atoms with Gasteiger partial charge in [-0.2, -0.15) is 0 Å². The molecule has 0 aliphatic heterocycles. The van der Waals surface area contributed by atoms with Crippen LogP contribution >= 0.6 is 0 Å². The lowest BCUT2D eigenvalue weighted by Crippen LogP contribution is -2.36. The van der Waals surface area contributed by atoms with Gasteiger partial charge in [0.15, 0.2) is 0 Å². The van der Waals surface area contributed by atoms with Crippen LogP contribution in [0.2, 0.25) is 0 Å². The number of nitrogens with zero attached hydrogens (tertiary/aromatic N) is 3. The molecule has 0 amide bonds. The number of aromatic nitrogens is 3. The lowest BCUT2D eigenvalue weighted by atomic mass is 9.70. The molecule has 0 saturated heterocycles. The Morgan fingerprint density at radius 2 is 1.96 bits per heavy atom.